The topological polar surface area (TPSA) is 37.3 Å². The lowest BCUT2D eigenvalue weighted by molar-refractivity contribution is -0.146. The van der Waals surface area contributed by atoms with Crippen molar-refractivity contribution in [2.45, 2.75) is 17.7 Å². The van der Waals surface area contributed by atoms with Gasteiger partial charge in [0, 0.05) is 4.83 Å². The summed E-state index contributed by atoms with van der Waals surface area (Å²) >= 11 is 3.41. The van der Waals surface area contributed by atoms with E-state index in [1.54, 1.807) is 0 Å². The van der Waals surface area contributed by atoms with Gasteiger partial charge >= 0.3 is 5.97 Å². The number of rotatable bonds is 1. The largest absolute Gasteiger partial charge is 0.481 e. The minimum Gasteiger partial charge on any atom is -0.481 e. The summed E-state index contributed by atoms with van der Waals surface area (Å²) in [6, 6.07) is 0. The molecule has 2 rings (SSSR count). The standard InChI is InChI=1S/C6H7BrO2/c7-4-2-6(5(8)9)1-3(4)6/h3-4H,1-2H2,(H,8,9). The van der Waals surface area contributed by atoms with E-state index in [4.69, 9.17) is 5.11 Å². The monoisotopic (exact) mass is 190 g/mol. The predicted molar refractivity (Wildman–Crippen MR) is 35.5 cm³/mol. The van der Waals surface area contributed by atoms with Gasteiger partial charge in [0.25, 0.3) is 0 Å². The Morgan fingerprint density at radius 1 is 1.67 bits per heavy atom. The molecular weight excluding hydrogens is 184 g/mol. The molecule has 0 saturated heterocycles. The van der Waals surface area contributed by atoms with Crippen LogP contribution in [0.25, 0.3) is 0 Å². The van der Waals surface area contributed by atoms with E-state index in [1.807, 2.05) is 0 Å². The van der Waals surface area contributed by atoms with Crippen LogP contribution < -0.4 is 0 Å². The van der Waals surface area contributed by atoms with E-state index in [0.29, 0.717) is 10.7 Å². The van der Waals surface area contributed by atoms with Crippen LogP contribution in [0.3, 0.4) is 0 Å². The minimum absolute atomic E-state index is 0.270. The molecule has 50 valence electrons. The number of carboxylic acids is 1. The Morgan fingerprint density at radius 3 is 2.44 bits per heavy atom. The van der Waals surface area contributed by atoms with Crippen LogP contribution in [0.5, 0.6) is 0 Å². The molecule has 2 fully saturated rings. The van der Waals surface area contributed by atoms with Gasteiger partial charge in [0.05, 0.1) is 5.41 Å². The van der Waals surface area contributed by atoms with E-state index in [0.717, 1.165) is 12.8 Å². The summed E-state index contributed by atoms with van der Waals surface area (Å²) in [4.78, 5) is 11.0. The Morgan fingerprint density at radius 2 is 2.33 bits per heavy atom. The second-order valence-corrected chi connectivity index (χ2v) is 4.17. The Bertz CT molecular complexity index is 180. The summed E-state index contributed by atoms with van der Waals surface area (Å²) in [5.74, 6) is -0.141. The van der Waals surface area contributed by atoms with Crippen molar-refractivity contribution in [1.82, 2.24) is 0 Å². The first-order valence-corrected chi connectivity index (χ1v) is 3.96. The molecule has 0 aromatic carbocycles. The first-order valence-electron chi connectivity index (χ1n) is 3.04. The van der Waals surface area contributed by atoms with Gasteiger partial charge in [-0.05, 0) is 18.8 Å². The lowest BCUT2D eigenvalue weighted by Crippen LogP contribution is -2.33. The molecule has 3 unspecified atom stereocenters. The van der Waals surface area contributed by atoms with E-state index in [2.05, 4.69) is 15.9 Å². The summed E-state index contributed by atoms with van der Waals surface area (Å²) in [5.41, 5.74) is -0.270. The average Bonchev–Trinajstić information content (AvgIpc) is 2.36. The van der Waals surface area contributed by atoms with Gasteiger partial charge in [-0.1, -0.05) is 15.9 Å². The SMILES string of the molecule is O=C(O)C12CC(Br)C1C2. The van der Waals surface area contributed by atoms with Gasteiger partial charge in [-0.2, -0.15) is 0 Å². The van der Waals surface area contributed by atoms with Crippen molar-refractivity contribution in [3.05, 3.63) is 0 Å². The van der Waals surface area contributed by atoms with Gasteiger partial charge < -0.3 is 5.11 Å². The Hall–Kier alpha value is -0.0500. The molecule has 0 aromatic heterocycles. The Labute approximate surface area is 61.4 Å². The van der Waals surface area contributed by atoms with Crippen molar-refractivity contribution in [3.63, 3.8) is 0 Å². The molecule has 0 aliphatic heterocycles. The lowest BCUT2D eigenvalue weighted by Gasteiger charge is -2.26. The fourth-order valence-corrected chi connectivity index (χ4v) is 2.98. The van der Waals surface area contributed by atoms with Crippen molar-refractivity contribution >= 4 is 21.9 Å². The molecule has 0 heterocycles. The first kappa shape index (κ1) is 5.71. The van der Waals surface area contributed by atoms with Gasteiger partial charge in [-0.3, -0.25) is 4.79 Å². The molecule has 2 aliphatic carbocycles. The van der Waals surface area contributed by atoms with Crippen molar-refractivity contribution in [3.8, 4) is 0 Å². The van der Waals surface area contributed by atoms with E-state index in [-0.39, 0.29) is 5.41 Å². The summed E-state index contributed by atoms with van der Waals surface area (Å²) in [6.45, 7) is 0. The number of hydrogen-bond acceptors (Lipinski definition) is 1. The van der Waals surface area contributed by atoms with Crippen molar-refractivity contribution < 1.29 is 9.90 Å². The highest BCUT2D eigenvalue weighted by Crippen LogP contribution is 2.69. The summed E-state index contributed by atoms with van der Waals surface area (Å²) in [7, 11) is 0. The highest BCUT2D eigenvalue weighted by molar-refractivity contribution is 9.09. The summed E-state index contributed by atoms with van der Waals surface area (Å²) in [6.07, 6.45) is 1.74. The fraction of sp³-hybridized carbons (Fsp3) is 0.833. The van der Waals surface area contributed by atoms with E-state index in [9.17, 15) is 4.79 Å². The number of alkyl halides is 1. The molecule has 3 atom stereocenters. The molecule has 1 N–H and O–H groups in total. The first-order chi connectivity index (χ1) is 4.17. The van der Waals surface area contributed by atoms with Crippen molar-refractivity contribution in [2.75, 3.05) is 0 Å². The van der Waals surface area contributed by atoms with Crippen LogP contribution in [0.1, 0.15) is 12.8 Å². The average molecular weight is 191 g/mol. The summed E-state index contributed by atoms with van der Waals surface area (Å²) < 4.78 is 0. The molecule has 0 spiro atoms. The third kappa shape index (κ3) is 0.491. The normalized spacial score (nSPS) is 53.4. The van der Waals surface area contributed by atoms with Crippen LogP contribution in [0.15, 0.2) is 0 Å². The van der Waals surface area contributed by atoms with Crippen LogP contribution in [-0.4, -0.2) is 15.9 Å². The number of hydrogen-bond donors (Lipinski definition) is 1. The Kier molecular flexibility index (Phi) is 0.849. The van der Waals surface area contributed by atoms with Crippen molar-refractivity contribution in [2.24, 2.45) is 11.3 Å². The Balaban J connectivity index is 2.12. The number of aliphatic carboxylic acids is 1. The zero-order chi connectivity index (χ0) is 6.65. The van der Waals surface area contributed by atoms with E-state index >= 15 is 0 Å². The summed E-state index contributed by atoms with van der Waals surface area (Å²) in [5, 5.41) is 8.63. The molecule has 2 aliphatic rings. The van der Waals surface area contributed by atoms with Crippen LogP contribution in [-0.2, 0) is 4.79 Å². The van der Waals surface area contributed by atoms with Gasteiger partial charge in [-0.25, -0.2) is 0 Å². The van der Waals surface area contributed by atoms with Crippen LogP contribution >= 0.6 is 15.9 Å². The van der Waals surface area contributed by atoms with Gasteiger partial charge in [0.1, 0.15) is 0 Å². The second kappa shape index (κ2) is 1.34. The maximum absolute atomic E-state index is 10.5. The van der Waals surface area contributed by atoms with Crippen molar-refractivity contribution in [1.29, 1.82) is 0 Å². The maximum atomic E-state index is 10.5. The minimum atomic E-state index is -0.594. The zero-order valence-electron chi connectivity index (χ0n) is 4.80. The highest BCUT2D eigenvalue weighted by Gasteiger charge is 2.71. The fourth-order valence-electron chi connectivity index (χ4n) is 1.71. The maximum Gasteiger partial charge on any atom is 0.310 e. The molecule has 0 bridgehead atoms. The molecule has 2 nitrogen and oxygen atoms in total. The van der Waals surface area contributed by atoms with Crippen LogP contribution in [0.2, 0.25) is 0 Å². The van der Waals surface area contributed by atoms with Gasteiger partial charge in [-0.15, -0.1) is 0 Å². The third-order valence-corrected chi connectivity index (χ3v) is 3.52. The van der Waals surface area contributed by atoms with E-state index < -0.39 is 5.97 Å². The number of halogens is 1. The van der Waals surface area contributed by atoms with Crippen LogP contribution in [0, 0.1) is 11.3 Å². The molecule has 0 radical (unpaired) electrons. The molecule has 3 heteroatoms. The van der Waals surface area contributed by atoms with Gasteiger partial charge in [0.15, 0.2) is 0 Å². The number of carbonyl (C=O) groups is 1. The van der Waals surface area contributed by atoms with E-state index in [1.165, 1.54) is 0 Å². The molecular formula is C6H7BrO2. The number of carboxylic acid groups (broad SMARTS) is 1. The quantitative estimate of drug-likeness (QED) is 0.633. The number of fused-ring (bicyclic) bond motifs is 1. The molecule has 9 heavy (non-hydrogen) atoms. The van der Waals surface area contributed by atoms with Gasteiger partial charge in [0.2, 0.25) is 0 Å². The lowest BCUT2D eigenvalue weighted by atomic mass is 9.85. The third-order valence-electron chi connectivity index (χ3n) is 2.56. The molecule has 0 aromatic rings. The smallest absolute Gasteiger partial charge is 0.310 e. The second-order valence-electron chi connectivity index (χ2n) is 2.99. The predicted octanol–water partition coefficient (Wildman–Crippen LogP) is 1.24. The molecule has 2 saturated carbocycles. The van der Waals surface area contributed by atoms with Crippen LogP contribution in [0.4, 0.5) is 0 Å². The molecule has 0 amide bonds. The zero-order valence-corrected chi connectivity index (χ0v) is 6.39. The highest BCUT2D eigenvalue weighted by atomic mass is 79.9.